The number of aliphatic hydroxyl groups is 1. The van der Waals surface area contributed by atoms with Crippen LogP contribution in [0.5, 0.6) is 0 Å². The molecule has 3 aromatic rings. The molecule has 3 amide bonds. The fourth-order valence-electron chi connectivity index (χ4n) is 7.71. The summed E-state index contributed by atoms with van der Waals surface area (Å²) < 4.78 is 24.7. The molecule has 0 aliphatic carbocycles. The molecule has 3 fully saturated rings. The molecule has 1 spiro atoms. The van der Waals surface area contributed by atoms with Crippen molar-refractivity contribution < 1.29 is 28.6 Å². The number of carbonyl (C=O) groups excluding carboxylic acids is 3. The first kappa shape index (κ1) is 30.5. The third-order valence-electron chi connectivity index (χ3n) is 10.1. The molecule has 1 N–H and O–H groups in total. The number of hydrogen-bond donors (Lipinski definition) is 1. The van der Waals surface area contributed by atoms with Gasteiger partial charge in [-0.3, -0.25) is 19.1 Å². The van der Waals surface area contributed by atoms with E-state index >= 15 is 4.39 Å². The number of carbonyl (C=O) groups is 3. The Hall–Kier alpha value is -4.16. The highest BCUT2D eigenvalue weighted by molar-refractivity contribution is 6.09. The van der Waals surface area contributed by atoms with E-state index < -0.39 is 29.2 Å². The van der Waals surface area contributed by atoms with Crippen LogP contribution >= 0.6 is 0 Å². The number of β-lactam (4-membered cyclic amide) rings is 2. The topological polar surface area (TPSA) is 121 Å². The minimum atomic E-state index is -1.67. The Labute approximate surface area is 266 Å². The summed E-state index contributed by atoms with van der Waals surface area (Å²) in [6.07, 6.45) is 2.96. The number of fused-ring (bicyclic) bond motifs is 2. The fourth-order valence-corrected chi connectivity index (χ4v) is 7.71. The lowest BCUT2D eigenvalue weighted by atomic mass is 9.71. The number of nitrogens with zero attached hydrogens (tertiary/aromatic N) is 6. The van der Waals surface area contributed by atoms with E-state index in [0.29, 0.717) is 67.9 Å². The van der Waals surface area contributed by atoms with E-state index in [1.807, 2.05) is 49.4 Å². The molecular formula is C34H39FN6O5. The quantitative estimate of drug-likeness (QED) is 0.341. The van der Waals surface area contributed by atoms with Gasteiger partial charge in [0.05, 0.1) is 24.0 Å². The molecule has 11 nitrogen and oxygen atoms in total. The van der Waals surface area contributed by atoms with Crippen molar-refractivity contribution in [3.05, 3.63) is 65.5 Å². The summed E-state index contributed by atoms with van der Waals surface area (Å²) in [7, 11) is 0. The van der Waals surface area contributed by atoms with Gasteiger partial charge in [0.2, 0.25) is 11.8 Å². The van der Waals surface area contributed by atoms with E-state index in [-0.39, 0.29) is 30.9 Å². The van der Waals surface area contributed by atoms with Crippen molar-refractivity contribution in [3.63, 3.8) is 0 Å². The van der Waals surface area contributed by atoms with Crippen molar-refractivity contribution in [2.24, 2.45) is 11.8 Å². The number of aryl methyl sites for hydroxylation is 1. The van der Waals surface area contributed by atoms with Crippen LogP contribution in [0.1, 0.15) is 56.9 Å². The normalized spacial score (nSPS) is 25.8. The maximum Gasteiger partial charge on any atom is 0.264 e. The molecule has 0 saturated carbocycles. The van der Waals surface area contributed by atoms with Crippen LogP contribution in [0, 0.1) is 11.8 Å². The van der Waals surface area contributed by atoms with Crippen molar-refractivity contribution in [1.82, 2.24) is 15.0 Å². The van der Waals surface area contributed by atoms with Gasteiger partial charge in [-0.05, 0) is 56.2 Å². The highest BCUT2D eigenvalue weighted by Gasteiger charge is 2.66. The standard InChI is InChI=1S/C34H39FN6O5/c1-21-31(33(2,3)35)28(10-14-38-20-23(13-17-42)36-37-38)46-34(21)26-18-25(40-16-12-30(40)44)8-9-27(26)41(32(34)45)19-22-4-6-24(7-5-22)39-15-11-29(39)43/h4-9,18,20-21,28,31,42H,10-17,19H2,1-3H3/t21-,28+,31-,34+/m1/s1. The lowest BCUT2D eigenvalue weighted by Gasteiger charge is -2.33. The predicted molar refractivity (Wildman–Crippen MR) is 168 cm³/mol. The SMILES string of the molecule is C[C@@H]1[C@@H](C(C)(C)F)[C@H](CCn2cc(CCO)nn2)O[C@@]12C(=O)N(Cc1ccc(N3CCC3=O)cc1)c1ccc(N3CCC3=O)cc12. The van der Waals surface area contributed by atoms with Crippen LogP contribution in [-0.4, -0.2) is 69.3 Å². The number of rotatable bonds is 10. The molecule has 0 radical (unpaired) electrons. The van der Waals surface area contributed by atoms with Gasteiger partial charge < -0.3 is 24.5 Å². The highest BCUT2D eigenvalue weighted by Crippen LogP contribution is 2.59. The molecule has 1 aromatic heterocycles. The van der Waals surface area contributed by atoms with Crippen LogP contribution in [0.3, 0.4) is 0 Å². The predicted octanol–water partition coefficient (Wildman–Crippen LogP) is 3.52. The summed E-state index contributed by atoms with van der Waals surface area (Å²) >= 11 is 0. The third kappa shape index (κ3) is 4.89. The molecule has 242 valence electrons. The number of amides is 3. The smallest absolute Gasteiger partial charge is 0.264 e. The van der Waals surface area contributed by atoms with Crippen molar-refractivity contribution in [2.45, 2.75) is 76.9 Å². The van der Waals surface area contributed by atoms with Crippen LogP contribution in [0.2, 0.25) is 0 Å². The Balaban J connectivity index is 1.24. The van der Waals surface area contributed by atoms with E-state index in [2.05, 4.69) is 10.3 Å². The largest absolute Gasteiger partial charge is 0.396 e. The molecule has 4 aliphatic rings. The van der Waals surface area contributed by atoms with Crippen LogP contribution in [0.15, 0.2) is 48.7 Å². The van der Waals surface area contributed by atoms with Gasteiger partial charge in [0.15, 0.2) is 5.60 Å². The Morgan fingerprint density at radius 3 is 2.30 bits per heavy atom. The lowest BCUT2D eigenvalue weighted by molar-refractivity contribution is -0.146. The van der Waals surface area contributed by atoms with E-state index in [1.54, 1.807) is 25.6 Å². The van der Waals surface area contributed by atoms with Crippen molar-refractivity contribution in [1.29, 1.82) is 0 Å². The Bertz CT molecular complexity index is 1690. The summed E-state index contributed by atoms with van der Waals surface area (Å²) in [5.74, 6) is -1.29. The number of alkyl halides is 1. The summed E-state index contributed by atoms with van der Waals surface area (Å²) in [5.41, 5.74) is 1.27. The molecule has 4 aliphatic heterocycles. The van der Waals surface area contributed by atoms with Gasteiger partial charge in [-0.2, -0.15) is 0 Å². The van der Waals surface area contributed by atoms with Gasteiger partial charge in [-0.25, -0.2) is 4.39 Å². The van der Waals surface area contributed by atoms with E-state index in [0.717, 1.165) is 11.3 Å². The van der Waals surface area contributed by atoms with E-state index in [1.165, 1.54) is 13.8 Å². The molecule has 12 heteroatoms. The number of aromatic nitrogens is 3. The Kier molecular flexibility index (Phi) is 7.47. The average molecular weight is 631 g/mol. The summed E-state index contributed by atoms with van der Waals surface area (Å²) in [4.78, 5) is 44.3. The molecule has 7 rings (SSSR count). The number of anilines is 3. The fraction of sp³-hybridized carbons (Fsp3) is 0.500. The van der Waals surface area contributed by atoms with Crippen LogP contribution in [0.25, 0.3) is 0 Å². The third-order valence-corrected chi connectivity index (χ3v) is 10.1. The van der Waals surface area contributed by atoms with Gasteiger partial charge >= 0.3 is 0 Å². The first-order chi connectivity index (χ1) is 22.0. The monoisotopic (exact) mass is 630 g/mol. The molecule has 0 bridgehead atoms. The summed E-state index contributed by atoms with van der Waals surface area (Å²) in [5, 5.41) is 17.5. The van der Waals surface area contributed by atoms with Crippen LogP contribution in [-0.2, 0) is 44.2 Å². The second-order valence-electron chi connectivity index (χ2n) is 13.4. The van der Waals surface area contributed by atoms with Gasteiger partial charge in [0.1, 0.15) is 5.67 Å². The zero-order valence-electron chi connectivity index (χ0n) is 26.4. The van der Waals surface area contributed by atoms with E-state index in [4.69, 9.17) is 4.74 Å². The number of halogens is 1. The van der Waals surface area contributed by atoms with Crippen LogP contribution in [0.4, 0.5) is 21.5 Å². The van der Waals surface area contributed by atoms with Gasteiger partial charge in [-0.15, -0.1) is 5.10 Å². The molecular weight excluding hydrogens is 591 g/mol. The second kappa shape index (κ2) is 11.3. The molecule has 46 heavy (non-hydrogen) atoms. The van der Waals surface area contributed by atoms with Crippen molar-refractivity contribution >= 4 is 34.8 Å². The first-order valence-electron chi connectivity index (χ1n) is 16.0. The lowest BCUT2D eigenvalue weighted by Crippen LogP contribution is -2.46. The Morgan fingerprint density at radius 2 is 1.70 bits per heavy atom. The summed E-state index contributed by atoms with van der Waals surface area (Å²) in [6.45, 7) is 6.90. The minimum Gasteiger partial charge on any atom is -0.396 e. The van der Waals surface area contributed by atoms with Gasteiger partial charge in [-0.1, -0.05) is 24.3 Å². The molecule has 4 atom stereocenters. The molecule has 2 aromatic carbocycles. The molecule has 5 heterocycles. The maximum atomic E-state index is 16.1. The number of aliphatic hydroxyl groups excluding tert-OH is 1. The average Bonchev–Trinajstić information content (AvgIpc) is 3.65. The summed E-state index contributed by atoms with van der Waals surface area (Å²) in [6, 6.07) is 13.2. The molecule has 3 saturated heterocycles. The maximum absolute atomic E-state index is 16.1. The molecule has 0 unspecified atom stereocenters. The number of hydrogen-bond acceptors (Lipinski definition) is 7. The number of ether oxygens (including phenoxy) is 1. The highest BCUT2D eigenvalue weighted by atomic mass is 19.1. The van der Waals surface area contributed by atoms with Gasteiger partial charge in [0, 0.05) is 80.5 Å². The Morgan fingerprint density at radius 1 is 1.02 bits per heavy atom. The van der Waals surface area contributed by atoms with Crippen LogP contribution < -0.4 is 14.7 Å². The van der Waals surface area contributed by atoms with Crippen molar-refractivity contribution in [3.8, 4) is 0 Å². The first-order valence-corrected chi connectivity index (χ1v) is 16.0. The number of benzene rings is 2. The second-order valence-corrected chi connectivity index (χ2v) is 13.4. The van der Waals surface area contributed by atoms with E-state index in [9.17, 15) is 19.5 Å². The zero-order chi connectivity index (χ0) is 32.4. The van der Waals surface area contributed by atoms with Gasteiger partial charge in [0.25, 0.3) is 5.91 Å². The minimum absolute atomic E-state index is 0.0189. The van der Waals surface area contributed by atoms with Crippen molar-refractivity contribution in [2.75, 3.05) is 34.4 Å². The zero-order valence-corrected chi connectivity index (χ0v) is 26.4.